The third-order valence-corrected chi connectivity index (χ3v) is 9.94. The number of phosphoric acid groups is 2. The zero-order valence-electron chi connectivity index (χ0n) is 38.3. The van der Waals surface area contributed by atoms with Crippen molar-refractivity contribution in [1.29, 1.82) is 0 Å². The van der Waals surface area contributed by atoms with Crippen molar-refractivity contribution in [3.8, 4) is 0 Å². The molecule has 0 rings (SSSR count). The number of allylic oxidation sites excluding steroid dienone is 16. The summed E-state index contributed by atoms with van der Waals surface area (Å²) in [6.45, 7) is 1.23. The Morgan fingerprint density at radius 2 is 1.08 bits per heavy atom. The summed E-state index contributed by atoms with van der Waals surface area (Å²) in [5, 5.41) is 29.8. The van der Waals surface area contributed by atoms with Crippen LogP contribution >= 0.6 is 15.6 Å². The molecular formula is C48H76O15P2. The van der Waals surface area contributed by atoms with E-state index in [4.69, 9.17) is 23.8 Å². The van der Waals surface area contributed by atoms with Crippen LogP contribution in [0.15, 0.2) is 122 Å². The SMILES string of the molecule is CC/C=C\C[C@H](O)/C=C/C=C\C/C=C\C=C\[C@H](O)/C=C\CCCC(=O)O[C@H](COC(=O)CCC/C=C\C/C=C\C/C=C\C/C=C\CCCCC)COP(=O)(O)OC[C@@H](O)COP(=O)(O)O. The number of aliphatic hydroxyl groups excluding tert-OH is 3. The van der Waals surface area contributed by atoms with Gasteiger partial charge in [-0.25, -0.2) is 9.13 Å². The predicted molar refractivity (Wildman–Crippen MR) is 255 cm³/mol. The first-order valence-electron chi connectivity index (χ1n) is 22.5. The van der Waals surface area contributed by atoms with Gasteiger partial charge >= 0.3 is 27.6 Å². The maximum absolute atomic E-state index is 12.7. The third kappa shape index (κ3) is 45.4. The number of phosphoric ester groups is 2. The van der Waals surface area contributed by atoms with E-state index in [0.717, 1.165) is 32.1 Å². The van der Waals surface area contributed by atoms with Gasteiger partial charge in [-0.15, -0.1) is 0 Å². The molecule has 0 amide bonds. The minimum atomic E-state index is -4.90. The van der Waals surface area contributed by atoms with Crippen LogP contribution in [0.4, 0.5) is 0 Å². The summed E-state index contributed by atoms with van der Waals surface area (Å²) < 4.78 is 47.6. The lowest BCUT2D eigenvalue weighted by molar-refractivity contribution is -0.161. The molecular weight excluding hydrogens is 878 g/mol. The van der Waals surface area contributed by atoms with Crippen molar-refractivity contribution in [2.75, 3.05) is 26.4 Å². The van der Waals surface area contributed by atoms with E-state index >= 15 is 0 Å². The van der Waals surface area contributed by atoms with Crippen LogP contribution in [-0.2, 0) is 41.8 Å². The van der Waals surface area contributed by atoms with Crippen LogP contribution in [0.3, 0.4) is 0 Å². The summed E-state index contributed by atoms with van der Waals surface area (Å²) >= 11 is 0. The minimum absolute atomic E-state index is 0.0682. The van der Waals surface area contributed by atoms with Crippen LogP contribution in [0.5, 0.6) is 0 Å². The molecule has 0 fully saturated rings. The molecule has 0 aromatic rings. The molecule has 0 aromatic heterocycles. The topological polar surface area (TPSA) is 236 Å². The molecule has 0 bridgehead atoms. The highest BCUT2D eigenvalue weighted by Crippen LogP contribution is 2.43. The first-order valence-corrected chi connectivity index (χ1v) is 25.5. The number of carbonyl (C=O) groups is 2. The first kappa shape index (κ1) is 61.4. The number of carbonyl (C=O) groups excluding carboxylic acids is 2. The molecule has 0 aliphatic heterocycles. The summed E-state index contributed by atoms with van der Waals surface area (Å²) in [5.74, 6) is -1.29. The maximum atomic E-state index is 12.7. The number of hydrogen-bond acceptors (Lipinski definition) is 12. The van der Waals surface area contributed by atoms with E-state index in [1.54, 1.807) is 42.5 Å². The Kier molecular flexibility index (Phi) is 39.5. The van der Waals surface area contributed by atoms with Gasteiger partial charge in [0.15, 0.2) is 6.10 Å². The fraction of sp³-hybridized carbons (Fsp3) is 0.542. The van der Waals surface area contributed by atoms with Gasteiger partial charge in [-0.05, 0) is 77.0 Å². The predicted octanol–water partition coefficient (Wildman–Crippen LogP) is 9.61. The zero-order valence-corrected chi connectivity index (χ0v) is 40.0. The average molecular weight is 955 g/mol. The molecule has 0 radical (unpaired) electrons. The van der Waals surface area contributed by atoms with Crippen molar-refractivity contribution in [2.24, 2.45) is 0 Å². The molecule has 65 heavy (non-hydrogen) atoms. The molecule has 1 unspecified atom stereocenters. The highest BCUT2D eigenvalue weighted by Gasteiger charge is 2.28. The molecule has 0 aliphatic rings. The van der Waals surface area contributed by atoms with Crippen LogP contribution < -0.4 is 0 Å². The second-order valence-electron chi connectivity index (χ2n) is 14.6. The Balaban J connectivity index is 4.86. The van der Waals surface area contributed by atoms with E-state index in [0.29, 0.717) is 38.5 Å². The molecule has 368 valence electrons. The minimum Gasteiger partial charge on any atom is -0.462 e. The number of esters is 2. The van der Waals surface area contributed by atoms with E-state index < -0.39 is 78.4 Å². The van der Waals surface area contributed by atoms with Crippen molar-refractivity contribution in [3.05, 3.63) is 122 Å². The lowest BCUT2D eigenvalue weighted by Gasteiger charge is -2.20. The standard InChI is InChI=1S/C48H76O15P2/c1-3-5-7-8-9-10-11-12-13-14-15-16-17-18-22-25-31-37-47(52)59-41-46(42-62-65(57,58)61-40-45(51)39-60-64(54,55)56)63-48(53)38-32-26-30-36-44(50)35-29-24-21-19-20-23-28-34-43(49)33-27-6-4-2/h6,9-10,12-13,15-16,18,20-24,27-30,34-36,43-46,49-51H,3-5,7-8,11,14,17,19,25-26,31-33,37-42H2,1-2H3,(H,57,58)(H2,54,55,56)/b10-9-,13-12-,16-15-,22-18-,23-20-,24-21-,27-6-,34-28+,35-29+,36-30-/t43-,44-,45-,46+/m0/s1. The number of rotatable bonds is 40. The van der Waals surface area contributed by atoms with Gasteiger partial charge in [0.05, 0.1) is 32.0 Å². The van der Waals surface area contributed by atoms with Crippen LogP contribution in [0.2, 0.25) is 0 Å². The zero-order chi connectivity index (χ0) is 48.3. The molecule has 0 saturated carbocycles. The number of ether oxygens (including phenoxy) is 2. The quantitative estimate of drug-likeness (QED) is 0.0110. The van der Waals surface area contributed by atoms with E-state index in [9.17, 15) is 38.9 Å². The maximum Gasteiger partial charge on any atom is 0.472 e. The Morgan fingerprint density at radius 1 is 0.538 bits per heavy atom. The van der Waals surface area contributed by atoms with Crippen molar-refractivity contribution in [2.45, 2.75) is 141 Å². The second-order valence-corrected chi connectivity index (χ2v) is 17.3. The van der Waals surface area contributed by atoms with Crippen molar-refractivity contribution in [1.82, 2.24) is 0 Å². The number of aliphatic hydroxyl groups is 3. The number of unbranched alkanes of at least 4 members (excludes halogenated alkanes) is 5. The van der Waals surface area contributed by atoms with Crippen molar-refractivity contribution >= 4 is 27.6 Å². The average Bonchev–Trinajstić information content (AvgIpc) is 3.26. The smallest absolute Gasteiger partial charge is 0.462 e. The Labute approximate surface area is 387 Å². The monoisotopic (exact) mass is 954 g/mol. The van der Waals surface area contributed by atoms with Crippen LogP contribution in [-0.4, -0.2) is 92.8 Å². The van der Waals surface area contributed by atoms with Crippen LogP contribution in [0.25, 0.3) is 0 Å². The normalized spacial score (nSPS) is 16.0. The Bertz CT molecular complexity index is 1640. The molecule has 17 heteroatoms. The molecule has 6 N–H and O–H groups in total. The summed E-state index contributed by atoms with van der Waals surface area (Å²) in [6.07, 6.45) is 45.5. The lowest BCUT2D eigenvalue weighted by atomic mass is 10.2. The van der Waals surface area contributed by atoms with E-state index in [1.165, 1.54) is 19.3 Å². The Morgan fingerprint density at radius 3 is 1.69 bits per heavy atom. The summed E-state index contributed by atoms with van der Waals surface area (Å²) in [4.78, 5) is 52.7. The van der Waals surface area contributed by atoms with Gasteiger partial charge < -0.3 is 39.5 Å². The van der Waals surface area contributed by atoms with E-state index in [1.807, 2.05) is 49.5 Å². The lowest BCUT2D eigenvalue weighted by Crippen LogP contribution is -2.29. The van der Waals surface area contributed by atoms with Crippen molar-refractivity contribution < 1.29 is 71.8 Å². The second kappa shape index (κ2) is 41.8. The van der Waals surface area contributed by atoms with Gasteiger partial charge in [0.2, 0.25) is 0 Å². The number of hydrogen-bond donors (Lipinski definition) is 6. The first-order chi connectivity index (χ1) is 31.2. The van der Waals surface area contributed by atoms with Gasteiger partial charge in [0.1, 0.15) is 12.7 Å². The van der Waals surface area contributed by atoms with E-state index in [-0.39, 0.29) is 12.8 Å². The summed E-state index contributed by atoms with van der Waals surface area (Å²) in [7, 11) is -9.79. The molecule has 0 saturated heterocycles. The summed E-state index contributed by atoms with van der Waals surface area (Å²) in [6, 6.07) is 0. The Hall–Kier alpha value is -3.56. The summed E-state index contributed by atoms with van der Waals surface area (Å²) in [5.41, 5.74) is 0. The molecule has 0 aromatic carbocycles. The van der Waals surface area contributed by atoms with Gasteiger partial charge in [0, 0.05) is 12.8 Å². The van der Waals surface area contributed by atoms with Gasteiger partial charge in [-0.3, -0.25) is 23.2 Å². The molecule has 5 atom stereocenters. The fourth-order valence-corrected chi connectivity index (χ4v) is 6.23. The third-order valence-electron chi connectivity index (χ3n) is 8.50. The molecule has 0 aliphatic carbocycles. The molecule has 0 heterocycles. The fourth-order valence-electron chi connectivity index (χ4n) is 5.08. The van der Waals surface area contributed by atoms with Crippen LogP contribution in [0.1, 0.15) is 117 Å². The highest BCUT2D eigenvalue weighted by molar-refractivity contribution is 7.47. The largest absolute Gasteiger partial charge is 0.472 e. The van der Waals surface area contributed by atoms with Gasteiger partial charge in [-0.2, -0.15) is 0 Å². The molecule has 0 spiro atoms. The molecule has 15 nitrogen and oxygen atoms in total. The van der Waals surface area contributed by atoms with Crippen LogP contribution in [0, 0.1) is 0 Å². The van der Waals surface area contributed by atoms with Gasteiger partial charge in [-0.1, -0.05) is 148 Å². The van der Waals surface area contributed by atoms with Crippen molar-refractivity contribution in [3.63, 3.8) is 0 Å². The van der Waals surface area contributed by atoms with Gasteiger partial charge in [0.25, 0.3) is 0 Å². The highest BCUT2D eigenvalue weighted by atomic mass is 31.2. The van der Waals surface area contributed by atoms with E-state index in [2.05, 4.69) is 52.4 Å².